The maximum atomic E-state index is 11.2. The van der Waals surface area contributed by atoms with E-state index in [1.54, 1.807) is 19.2 Å². The number of fused-ring (bicyclic) bond motifs is 1. The molecule has 0 aliphatic heterocycles. The van der Waals surface area contributed by atoms with Crippen molar-refractivity contribution in [2.75, 3.05) is 0 Å². The summed E-state index contributed by atoms with van der Waals surface area (Å²) in [5.74, 6) is -0.788. The number of nitrogens with zero attached hydrogens (tertiary/aromatic N) is 3. The van der Waals surface area contributed by atoms with Crippen LogP contribution in [0.15, 0.2) is 24.5 Å². The number of halogens is 1. The van der Waals surface area contributed by atoms with Gasteiger partial charge in [0.15, 0.2) is 0 Å². The second kappa shape index (κ2) is 5.07. The summed E-state index contributed by atoms with van der Waals surface area (Å²) in [5, 5.41) is 9.85. The zero-order valence-corrected chi connectivity index (χ0v) is 11.9. The molecule has 0 spiro atoms. The van der Waals surface area contributed by atoms with Crippen molar-refractivity contribution in [3.63, 3.8) is 0 Å². The van der Waals surface area contributed by atoms with E-state index in [0.717, 1.165) is 24.2 Å². The average molecular weight is 294 g/mol. The molecule has 1 aliphatic rings. The van der Waals surface area contributed by atoms with E-state index in [2.05, 4.69) is 4.98 Å². The lowest BCUT2D eigenvalue weighted by Crippen LogP contribution is -2.40. The minimum Gasteiger partial charge on any atom is -0.480 e. The quantitative estimate of drug-likeness (QED) is 0.920. The van der Waals surface area contributed by atoms with E-state index in [-0.39, 0.29) is 0 Å². The molecule has 1 saturated carbocycles. The van der Waals surface area contributed by atoms with Crippen molar-refractivity contribution in [3.8, 4) is 0 Å². The van der Waals surface area contributed by atoms with Gasteiger partial charge in [0.05, 0.1) is 10.7 Å². The van der Waals surface area contributed by atoms with E-state index < -0.39 is 12.0 Å². The highest BCUT2D eigenvalue weighted by Crippen LogP contribution is 2.30. The third kappa shape index (κ3) is 2.64. The molecule has 0 amide bonds. The number of aliphatic carboxylic acids is 1. The zero-order valence-electron chi connectivity index (χ0n) is 11.2. The highest BCUT2D eigenvalue weighted by atomic mass is 35.5. The molecule has 0 radical (unpaired) electrons. The van der Waals surface area contributed by atoms with Crippen molar-refractivity contribution in [2.45, 2.75) is 38.4 Å². The van der Waals surface area contributed by atoms with E-state index in [9.17, 15) is 9.90 Å². The molecule has 1 aliphatic carbocycles. The number of imidazole rings is 1. The Morgan fingerprint density at radius 2 is 2.30 bits per heavy atom. The third-order valence-electron chi connectivity index (χ3n) is 3.68. The van der Waals surface area contributed by atoms with E-state index in [1.807, 2.05) is 21.6 Å². The molecule has 1 fully saturated rings. The molecule has 5 nitrogen and oxygen atoms in total. The van der Waals surface area contributed by atoms with E-state index in [1.165, 1.54) is 0 Å². The molecule has 1 unspecified atom stereocenters. The first-order valence-corrected chi connectivity index (χ1v) is 7.04. The summed E-state index contributed by atoms with van der Waals surface area (Å²) in [6.45, 7) is 2.28. The minimum absolute atomic E-state index is 0.370. The maximum absolute atomic E-state index is 11.2. The fourth-order valence-electron chi connectivity index (χ4n) is 2.41. The minimum atomic E-state index is -0.788. The Kier molecular flexibility index (Phi) is 3.40. The molecule has 2 aromatic rings. The van der Waals surface area contributed by atoms with Gasteiger partial charge >= 0.3 is 5.97 Å². The van der Waals surface area contributed by atoms with Gasteiger partial charge in [0.1, 0.15) is 11.7 Å². The van der Waals surface area contributed by atoms with Crippen LogP contribution in [0.25, 0.3) is 5.65 Å². The van der Waals surface area contributed by atoms with Crippen LogP contribution in [0, 0.1) is 0 Å². The zero-order chi connectivity index (χ0) is 14.3. The van der Waals surface area contributed by atoms with Crippen LogP contribution in [-0.2, 0) is 11.3 Å². The second-order valence-corrected chi connectivity index (χ2v) is 5.70. The smallest absolute Gasteiger partial charge is 0.320 e. The summed E-state index contributed by atoms with van der Waals surface area (Å²) in [6, 6.07) is 3.53. The molecule has 20 heavy (non-hydrogen) atoms. The molecule has 0 aromatic carbocycles. The molecular weight excluding hydrogens is 278 g/mol. The fourth-order valence-corrected chi connectivity index (χ4v) is 2.58. The van der Waals surface area contributed by atoms with Crippen molar-refractivity contribution < 1.29 is 9.90 Å². The van der Waals surface area contributed by atoms with Crippen molar-refractivity contribution >= 4 is 23.2 Å². The van der Waals surface area contributed by atoms with Gasteiger partial charge in [0.2, 0.25) is 0 Å². The van der Waals surface area contributed by atoms with Gasteiger partial charge in [-0.3, -0.25) is 9.69 Å². The molecule has 0 bridgehead atoms. The number of hydrogen-bond acceptors (Lipinski definition) is 3. The van der Waals surface area contributed by atoms with Crippen LogP contribution < -0.4 is 0 Å². The van der Waals surface area contributed by atoms with Crippen molar-refractivity contribution in [1.82, 2.24) is 14.3 Å². The van der Waals surface area contributed by atoms with Crippen LogP contribution in [0.5, 0.6) is 0 Å². The van der Waals surface area contributed by atoms with Crippen molar-refractivity contribution in [1.29, 1.82) is 0 Å². The van der Waals surface area contributed by atoms with Gasteiger partial charge in [-0.1, -0.05) is 11.6 Å². The third-order valence-corrected chi connectivity index (χ3v) is 3.90. The van der Waals surface area contributed by atoms with E-state index in [0.29, 0.717) is 17.6 Å². The predicted molar refractivity (Wildman–Crippen MR) is 75.9 cm³/mol. The van der Waals surface area contributed by atoms with Gasteiger partial charge in [-0.05, 0) is 31.9 Å². The van der Waals surface area contributed by atoms with Gasteiger partial charge in [-0.25, -0.2) is 4.98 Å². The van der Waals surface area contributed by atoms with Gasteiger partial charge in [-0.15, -0.1) is 0 Å². The van der Waals surface area contributed by atoms with Crippen LogP contribution in [0.3, 0.4) is 0 Å². The normalized spacial score (nSPS) is 16.8. The van der Waals surface area contributed by atoms with E-state index >= 15 is 0 Å². The first kappa shape index (κ1) is 13.4. The summed E-state index contributed by atoms with van der Waals surface area (Å²) in [4.78, 5) is 17.7. The van der Waals surface area contributed by atoms with Gasteiger partial charge in [-0.2, -0.15) is 0 Å². The lowest BCUT2D eigenvalue weighted by Gasteiger charge is -2.24. The Morgan fingerprint density at radius 3 is 2.95 bits per heavy atom. The van der Waals surface area contributed by atoms with Crippen LogP contribution in [0.4, 0.5) is 0 Å². The number of rotatable bonds is 5. The van der Waals surface area contributed by atoms with Gasteiger partial charge < -0.3 is 9.51 Å². The average Bonchev–Trinajstić information content (AvgIpc) is 3.16. The van der Waals surface area contributed by atoms with Crippen molar-refractivity contribution in [2.24, 2.45) is 0 Å². The number of hydrogen-bond donors (Lipinski definition) is 1. The molecule has 6 heteroatoms. The lowest BCUT2D eigenvalue weighted by molar-refractivity contribution is -0.143. The number of carbonyl (C=O) groups is 1. The largest absolute Gasteiger partial charge is 0.480 e. The SMILES string of the molecule is CC(C(=O)O)N(Cc1cn2cc(Cl)ccc2n1)C1CC1. The topological polar surface area (TPSA) is 57.8 Å². The van der Waals surface area contributed by atoms with Crippen molar-refractivity contribution in [3.05, 3.63) is 35.2 Å². The Morgan fingerprint density at radius 1 is 1.55 bits per heavy atom. The Hall–Kier alpha value is -1.59. The molecule has 0 saturated heterocycles. The fraction of sp³-hybridized carbons (Fsp3) is 0.429. The first-order chi connectivity index (χ1) is 9.54. The molecule has 2 aromatic heterocycles. The first-order valence-electron chi connectivity index (χ1n) is 6.66. The van der Waals surface area contributed by atoms with Crippen LogP contribution >= 0.6 is 11.6 Å². The Bertz CT molecular complexity index is 651. The predicted octanol–water partition coefficient (Wildman–Crippen LogP) is 2.43. The monoisotopic (exact) mass is 293 g/mol. The Labute approximate surface area is 121 Å². The molecule has 1 atom stereocenters. The highest BCUT2D eigenvalue weighted by molar-refractivity contribution is 6.30. The highest BCUT2D eigenvalue weighted by Gasteiger charge is 2.35. The summed E-state index contributed by atoms with van der Waals surface area (Å²) in [7, 11) is 0. The van der Waals surface area contributed by atoms with Crippen LogP contribution in [0.2, 0.25) is 5.02 Å². The standard InChI is InChI=1S/C14H16ClN3O2/c1-9(14(19)20)18(12-3-4-12)8-11-7-17-6-10(15)2-5-13(17)16-11/h2,5-7,9,12H,3-4,8H2,1H3,(H,19,20). The number of aromatic nitrogens is 2. The molecular formula is C14H16ClN3O2. The van der Waals surface area contributed by atoms with Gasteiger partial charge in [0.25, 0.3) is 0 Å². The maximum Gasteiger partial charge on any atom is 0.320 e. The van der Waals surface area contributed by atoms with Crippen LogP contribution in [-0.4, -0.2) is 37.4 Å². The van der Waals surface area contributed by atoms with Crippen LogP contribution in [0.1, 0.15) is 25.5 Å². The number of pyridine rings is 1. The Balaban J connectivity index is 1.84. The number of carboxylic acid groups (broad SMARTS) is 1. The summed E-state index contributed by atoms with van der Waals surface area (Å²) in [6.07, 6.45) is 5.84. The lowest BCUT2D eigenvalue weighted by atomic mass is 10.2. The molecule has 1 N–H and O–H groups in total. The molecule has 3 rings (SSSR count). The molecule has 106 valence electrons. The second-order valence-electron chi connectivity index (χ2n) is 5.26. The summed E-state index contributed by atoms with van der Waals surface area (Å²) < 4.78 is 1.87. The summed E-state index contributed by atoms with van der Waals surface area (Å²) >= 11 is 5.95. The summed E-state index contributed by atoms with van der Waals surface area (Å²) in [5.41, 5.74) is 1.69. The van der Waals surface area contributed by atoms with Gasteiger partial charge in [0, 0.05) is 25.0 Å². The van der Waals surface area contributed by atoms with E-state index in [4.69, 9.17) is 11.6 Å². The molecule has 2 heterocycles. The number of carboxylic acids is 1.